The van der Waals surface area contributed by atoms with Gasteiger partial charge in [0.25, 0.3) is 0 Å². The molecule has 0 aliphatic rings. The van der Waals surface area contributed by atoms with Crippen molar-refractivity contribution in [3.8, 4) is 0 Å². The van der Waals surface area contributed by atoms with Crippen LogP contribution in [0.3, 0.4) is 0 Å². The maximum atomic E-state index is 8.89. The molecule has 0 spiro atoms. The fourth-order valence-corrected chi connectivity index (χ4v) is 0. The second kappa shape index (κ2) is 12.5. The number of hydrogen-bond donors (Lipinski definition) is 0. The molecule has 0 amide bonds. The Bertz CT molecular complexity index is 94.2. The summed E-state index contributed by atoms with van der Waals surface area (Å²) in [6.45, 7) is 0. The molecular weight excluding hydrogens is 199 g/mol. The first-order chi connectivity index (χ1) is 2.00. The van der Waals surface area contributed by atoms with E-state index in [0.29, 0.717) is 0 Å². The molecule has 0 aromatic carbocycles. The standard InChI is InChI=1S/K.H2O3S2.3H2O/c;1-5(2,3)4;;;/h;(H2,1,2,3,4);3*1H2/q+1;;;;/p-2. The second-order valence-corrected chi connectivity index (χ2v) is 2.45. The molecule has 0 saturated heterocycles. The monoisotopic (exact) mass is 205 g/mol. The zero-order chi connectivity index (χ0) is 4.50. The molecule has 0 unspecified atom stereocenters. The Hall–Kier alpha value is 1.81. The Morgan fingerprint density at radius 2 is 1.11 bits per heavy atom. The third-order valence-electron chi connectivity index (χ3n) is 0. The van der Waals surface area contributed by atoms with E-state index in [9.17, 15) is 0 Å². The zero-order valence-electron chi connectivity index (χ0n) is 4.54. The fraction of sp³-hybridized carbons (Fsp3) is 0. The van der Waals surface area contributed by atoms with Gasteiger partial charge in [0.05, 0.1) is 0 Å². The second-order valence-electron chi connectivity index (χ2n) is 0.408. The summed E-state index contributed by atoms with van der Waals surface area (Å²) in [6.07, 6.45) is 0. The van der Waals surface area contributed by atoms with Gasteiger partial charge in [-0.2, -0.15) is 0 Å². The van der Waals surface area contributed by atoms with Crippen LogP contribution in [-0.4, -0.2) is 29.7 Å². The summed E-state index contributed by atoms with van der Waals surface area (Å²) in [5.41, 5.74) is 0. The van der Waals surface area contributed by atoms with Crippen LogP contribution < -0.4 is 51.4 Å². The van der Waals surface area contributed by atoms with Crippen LogP contribution in [0.25, 0.3) is 0 Å². The minimum absolute atomic E-state index is 0. The third-order valence-corrected chi connectivity index (χ3v) is 0. The van der Waals surface area contributed by atoms with Crippen molar-refractivity contribution in [3.63, 3.8) is 0 Å². The van der Waals surface area contributed by atoms with E-state index in [4.69, 9.17) is 13.3 Å². The number of rotatable bonds is 0. The predicted octanol–water partition coefficient (Wildman–Crippen LogP) is -6.48. The average molecular weight is 205 g/mol. The molecule has 9 heteroatoms. The molecule has 6 nitrogen and oxygen atoms in total. The van der Waals surface area contributed by atoms with E-state index in [1.165, 1.54) is 0 Å². The van der Waals surface area contributed by atoms with Gasteiger partial charge in [0, 0.05) is 0 Å². The van der Waals surface area contributed by atoms with Crippen LogP contribution in [0.15, 0.2) is 0 Å². The van der Waals surface area contributed by atoms with Gasteiger partial charge in [-0.1, -0.05) is 0 Å². The first-order valence-corrected chi connectivity index (χ1v) is 3.00. The van der Waals surface area contributed by atoms with Gasteiger partial charge in [-0.25, -0.2) is 0 Å². The molecule has 9 heavy (non-hydrogen) atoms. The van der Waals surface area contributed by atoms with E-state index >= 15 is 0 Å². The molecule has 0 aromatic heterocycles. The molecule has 0 atom stereocenters. The quantitative estimate of drug-likeness (QED) is 0.360. The van der Waals surface area contributed by atoms with Crippen LogP contribution in [0.4, 0.5) is 0 Å². The van der Waals surface area contributed by atoms with Crippen LogP contribution in [-0.2, 0) is 20.2 Å². The molecule has 56 valence electrons. The summed E-state index contributed by atoms with van der Waals surface area (Å²) in [7, 11) is -4.33. The molecule has 0 aromatic rings. The van der Waals surface area contributed by atoms with Crippen molar-refractivity contribution >= 4 is 20.2 Å². The summed E-state index contributed by atoms with van der Waals surface area (Å²) < 4.78 is 26.7. The molecule has 0 heterocycles. The van der Waals surface area contributed by atoms with E-state index < -0.39 is 9.05 Å². The van der Waals surface area contributed by atoms with Gasteiger partial charge in [0.15, 0.2) is 0 Å². The Kier molecular flexibility index (Phi) is 42.7. The predicted molar refractivity (Wildman–Crippen MR) is 27.9 cm³/mol. The molecule has 0 aliphatic carbocycles. The molecule has 0 radical (unpaired) electrons. The molecule has 0 saturated carbocycles. The minimum atomic E-state index is -4.33. The molecular formula is H6KO6S2-. The molecule has 0 aliphatic heterocycles. The Balaban J connectivity index is -0.0000000133. The molecule has 0 bridgehead atoms. The van der Waals surface area contributed by atoms with Crippen LogP contribution in [0.1, 0.15) is 0 Å². The largest absolute Gasteiger partial charge is 1.00 e. The topological polar surface area (TPSA) is 158 Å². The van der Waals surface area contributed by atoms with Crippen molar-refractivity contribution < 1.29 is 81.1 Å². The Labute approximate surface area is 99.7 Å². The van der Waals surface area contributed by atoms with Crippen molar-refractivity contribution in [2.45, 2.75) is 0 Å². The Morgan fingerprint density at radius 3 is 1.11 bits per heavy atom. The molecule has 6 N–H and O–H groups in total. The third kappa shape index (κ3) is 183. The van der Waals surface area contributed by atoms with Crippen LogP contribution in [0.5, 0.6) is 0 Å². The zero-order valence-corrected chi connectivity index (χ0v) is 9.30. The first-order valence-electron chi connectivity index (χ1n) is 0.667. The van der Waals surface area contributed by atoms with E-state index in [-0.39, 0.29) is 67.8 Å². The molecule has 0 fully saturated rings. The summed E-state index contributed by atoms with van der Waals surface area (Å²) in [6, 6.07) is 0. The van der Waals surface area contributed by atoms with E-state index in [1.807, 2.05) is 0 Å². The fourth-order valence-electron chi connectivity index (χ4n) is 0. The maximum absolute atomic E-state index is 8.89. The normalized spacial score (nSPS) is 6.44. The Morgan fingerprint density at radius 1 is 1.11 bits per heavy atom. The van der Waals surface area contributed by atoms with Crippen molar-refractivity contribution in [1.29, 1.82) is 0 Å². The van der Waals surface area contributed by atoms with Gasteiger partial charge in [0.1, 0.15) is 0 Å². The van der Waals surface area contributed by atoms with Crippen molar-refractivity contribution in [3.05, 3.63) is 0 Å². The smallest absolute Gasteiger partial charge is 0.780 e. The van der Waals surface area contributed by atoms with Gasteiger partial charge < -0.3 is 25.5 Å². The van der Waals surface area contributed by atoms with E-state index in [1.54, 1.807) is 0 Å². The SMILES string of the molecule is O.O.O.O=S([O-])([O-])=S.[K+]. The molecule has 0 rings (SSSR count). The van der Waals surface area contributed by atoms with Crippen LogP contribution in [0, 0.1) is 0 Å². The van der Waals surface area contributed by atoms with Crippen molar-refractivity contribution in [2.24, 2.45) is 0 Å². The summed E-state index contributed by atoms with van der Waals surface area (Å²) in [5.74, 6) is 0. The average Bonchev–Trinajstić information content (AvgIpc) is 0.722. The summed E-state index contributed by atoms with van der Waals surface area (Å²) in [5, 5.41) is 0. The van der Waals surface area contributed by atoms with Crippen molar-refractivity contribution in [2.75, 3.05) is 0 Å². The van der Waals surface area contributed by atoms with Crippen LogP contribution in [0.2, 0.25) is 0 Å². The first kappa shape index (κ1) is 30.8. The van der Waals surface area contributed by atoms with Crippen molar-refractivity contribution in [1.82, 2.24) is 0 Å². The van der Waals surface area contributed by atoms with Gasteiger partial charge in [-0.3, -0.25) is 4.21 Å². The van der Waals surface area contributed by atoms with Crippen LogP contribution >= 0.6 is 0 Å². The van der Waals surface area contributed by atoms with Gasteiger partial charge in [0.2, 0.25) is 0 Å². The van der Waals surface area contributed by atoms with Gasteiger partial charge >= 0.3 is 51.4 Å². The van der Waals surface area contributed by atoms with Gasteiger partial charge in [-0.15, -0.1) is 9.05 Å². The van der Waals surface area contributed by atoms with E-state index in [2.05, 4.69) is 11.2 Å². The van der Waals surface area contributed by atoms with E-state index in [0.717, 1.165) is 0 Å². The van der Waals surface area contributed by atoms with Gasteiger partial charge in [-0.05, 0) is 11.2 Å². The maximum Gasteiger partial charge on any atom is 1.00 e. The minimum Gasteiger partial charge on any atom is -0.780 e. The summed E-state index contributed by atoms with van der Waals surface area (Å²) in [4.78, 5) is 0. The number of hydrogen-bond acceptors (Lipinski definition) is 4. The summed E-state index contributed by atoms with van der Waals surface area (Å²) >= 11 is 3.24.